The molecule has 20 heavy (non-hydrogen) atoms. The molecule has 6 heteroatoms. The van der Waals surface area contributed by atoms with E-state index in [-0.39, 0.29) is 5.91 Å². The van der Waals surface area contributed by atoms with E-state index < -0.39 is 6.10 Å². The molecule has 1 aliphatic heterocycles. The standard InChI is InChI=1S/C14H18Cl2N2O2/c1-2-18(14(19)13-8-17-5-6-20-13)9-10-3-4-11(15)12(16)7-10/h3-4,7,13,17H,2,5-6,8-9H2,1H3. The van der Waals surface area contributed by atoms with E-state index in [9.17, 15) is 4.79 Å². The number of nitrogens with zero attached hydrogens (tertiary/aromatic N) is 1. The van der Waals surface area contributed by atoms with E-state index in [1.54, 1.807) is 17.0 Å². The molecule has 1 aromatic rings. The summed E-state index contributed by atoms with van der Waals surface area (Å²) < 4.78 is 5.50. The normalized spacial score (nSPS) is 18.9. The number of rotatable bonds is 4. The van der Waals surface area contributed by atoms with Crippen LogP contribution in [0.25, 0.3) is 0 Å². The highest BCUT2D eigenvalue weighted by Gasteiger charge is 2.26. The third-order valence-corrected chi connectivity index (χ3v) is 3.99. The number of hydrogen-bond acceptors (Lipinski definition) is 3. The number of ether oxygens (including phenoxy) is 1. The molecule has 1 N–H and O–H groups in total. The number of halogens is 2. The predicted octanol–water partition coefficient (Wildman–Crippen LogP) is 2.33. The third-order valence-electron chi connectivity index (χ3n) is 3.25. The molecule has 1 unspecified atom stereocenters. The molecular weight excluding hydrogens is 299 g/mol. The monoisotopic (exact) mass is 316 g/mol. The van der Waals surface area contributed by atoms with Gasteiger partial charge in [-0.05, 0) is 24.6 Å². The molecule has 1 fully saturated rings. The van der Waals surface area contributed by atoms with Gasteiger partial charge in [-0.15, -0.1) is 0 Å². The zero-order valence-corrected chi connectivity index (χ0v) is 12.9. The van der Waals surface area contributed by atoms with Crippen LogP contribution in [0.15, 0.2) is 18.2 Å². The number of carbonyl (C=O) groups is 1. The zero-order valence-electron chi connectivity index (χ0n) is 11.4. The van der Waals surface area contributed by atoms with E-state index >= 15 is 0 Å². The van der Waals surface area contributed by atoms with E-state index in [1.165, 1.54) is 0 Å². The van der Waals surface area contributed by atoms with Crippen molar-refractivity contribution in [1.82, 2.24) is 10.2 Å². The van der Waals surface area contributed by atoms with Gasteiger partial charge in [-0.3, -0.25) is 4.79 Å². The third kappa shape index (κ3) is 3.85. The van der Waals surface area contributed by atoms with Crippen molar-refractivity contribution >= 4 is 29.1 Å². The van der Waals surface area contributed by atoms with Crippen LogP contribution < -0.4 is 5.32 Å². The lowest BCUT2D eigenvalue weighted by molar-refractivity contribution is -0.145. The number of likely N-dealkylation sites (N-methyl/N-ethyl adjacent to an activating group) is 1. The van der Waals surface area contributed by atoms with Crippen molar-refractivity contribution in [3.05, 3.63) is 33.8 Å². The molecule has 0 spiro atoms. The van der Waals surface area contributed by atoms with Crippen molar-refractivity contribution in [2.24, 2.45) is 0 Å². The van der Waals surface area contributed by atoms with Crippen LogP contribution in [0.1, 0.15) is 12.5 Å². The largest absolute Gasteiger partial charge is 0.366 e. The molecule has 4 nitrogen and oxygen atoms in total. The van der Waals surface area contributed by atoms with E-state index in [4.69, 9.17) is 27.9 Å². The van der Waals surface area contributed by atoms with Gasteiger partial charge in [0.2, 0.25) is 0 Å². The van der Waals surface area contributed by atoms with Crippen LogP contribution in [0, 0.1) is 0 Å². The fraction of sp³-hybridized carbons (Fsp3) is 0.500. The molecule has 0 radical (unpaired) electrons. The van der Waals surface area contributed by atoms with Crippen LogP contribution >= 0.6 is 23.2 Å². The molecule has 1 aromatic carbocycles. The summed E-state index contributed by atoms with van der Waals surface area (Å²) in [7, 11) is 0. The van der Waals surface area contributed by atoms with Crippen molar-refractivity contribution < 1.29 is 9.53 Å². The predicted molar refractivity (Wildman–Crippen MR) is 80.2 cm³/mol. The lowest BCUT2D eigenvalue weighted by Gasteiger charge is -2.29. The quantitative estimate of drug-likeness (QED) is 0.927. The summed E-state index contributed by atoms with van der Waals surface area (Å²) >= 11 is 11.9. The molecule has 1 atom stereocenters. The van der Waals surface area contributed by atoms with Gasteiger partial charge in [-0.25, -0.2) is 0 Å². The van der Waals surface area contributed by atoms with Gasteiger partial charge in [-0.2, -0.15) is 0 Å². The number of morpholine rings is 1. The van der Waals surface area contributed by atoms with Crippen LogP contribution in [0.2, 0.25) is 10.0 Å². The Bertz CT molecular complexity index is 476. The summed E-state index contributed by atoms with van der Waals surface area (Å²) in [6.07, 6.45) is -0.397. The summed E-state index contributed by atoms with van der Waals surface area (Å²) in [5.41, 5.74) is 0.957. The van der Waals surface area contributed by atoms with Gasteiger partial charge < -0.3 is 15.0 Å². The molecule has 1 aliphatic rings. The summed E-state index contributed by atoms with van der Waals surface area (Å²) in [4.78, 5) is 14.1. The highest BCUT2D eigenvalue weighted by Crippen LogP contribution is 2.23. The van der Waals surface area contributed by atoms with Gasteiger partial charge in [0.1, 0.15) is 6.10 Å². The second kappa shape index (κ2) is 7.27. The SMILES string of the molecule is CCN(Cc1ccc(Cl)c(Cl)c1)C(=O)C1CNCCO1. The maximum Gasteiger partial charge on any atom is 0.253 e. The van der Waals surface area contributed by atoms with Crippen molar-refractivity contribution in [2.45, 2.75) is 19.6 Å². The van der Waals surface area contributed by atoms with E-state index in [2.05, 4.69) is 5.32 Å². The smallest absolute Gasteiger partial charge is 0.253 e. The van der Waals surface area contributed by atoms with Gasteiger partial charge in [0.05, 0.1) is 16.7 Å². The van der Waals surface area contributed by atoms with Crippen LogP contribution in [0.4, 0.5) is 0 Å². The summed E-state index contributed by atoms with van der Waals surface area (Å²) in [6, 6.07) is 5.42. The van der Waals surface area contributed by atoms with Gasteiger partial charge >= 0.3 is 0 Å². The van der Waals surface area contributed by atoms with Crippen molar-refractivity contribution in [3.8, 4) is 0 Å². The van der Waals surface area contributed by atoms with Crippen LogP contribution in [-0.4, -0.2) is 43.2 Å². The molecule has 0 aliphatic carbocycles. The lowest BCUT2D eigenvalue weighted by atomic mass is 10.2. The summed E-state index contributed by atoms with van der Waals surface area (Å²) in [5.74, 6) is 0.00534. The Labute approximate surface area is 129 Å². The minimum absolute atomic E-state index is 0.00534. The fourth-order valence-corrected chi connectivity index (χ4v) is 2.45. The van der Waals surface area contributed by atoms with Gasteiger partial charge in [0.15, 0.2) is 0 Å². The molecule has 1 amide bonds. The average Bonchev–Trinajstić information content (AvgIpc) is 2.48. The van der Waals surface area contributed by atoms with Gasteiger partial charge in [-0.1, -0.05) is 29.3 Å². The van der Waals surface area contributed by atoms with E-state index in [0.29, 0.717) is 36.3 Å². The molecule has 110 valence electrons. The Balaban J connectivity index is 2.03. The number of amides is 1. The Morgan fingerprint density at radius 1 is 1.45 bits per heavy atom. The first kappa shape index (κ1) is 15.6. The molecule has 0 saturated carbocycles. The first-order chi connectivity index (χ1) is 9.61. The lowest BCUT2D eigenvalue weighted by Crippen LogP contribution is -2.49. The molecule has 1 heterocycles. The Hall–Kier alpha value is -0.810. The molecule has 0 aromatic heterocycles. The van der Waals surface area contributed by atoms with Gasteiger partial charge in [0, 0.05) is 26.2 Å². The zero-order chi connectivity index (χ0) is 14.5. The van der Waals surface area contributed by atoms with Crippen LogP contribution in [0.3, 0.4) is 0 Å². The van der Waals surface area contributed by atoms with E-state index in [0.717, 1.165) is 12.1 Å². The fourth-order valence-electron chi connectivity index (χ4n) is 2.13. The maximum absolute atomic E-state index is 12.4. The summed E-state index contributed by atoms with van der Waals surface area (Å²) in [5, 5.41) is 4.19. The molecular formula is C14H18Cl2N2O2. The molecule has 0 bridgehead atoms. The maximum atomic E-state index is 12.4. The van der Waals surface area contributed by atoms with Crippen molar-refractivity contribution in [1.29, 1.82) is 0 Å². The number of nitrogens with one attached hydrogen (secondary N) is 1. The Morgan fingerprint density at radius 2 is 2.25 bits per heavy atom. The first-order valence-electron chi connectivity index (χ1n) is 6.67. The Kier molecular flexibility index (Phi) is 5.66. The molecule has 2 rings (SSSR count). The van der Waals surface area contributed by atoms with E-state index in [1.807, 2.05) is 13.0 Å². The number of benzene rings is 1. The number of carbonyl (C=O) groups excluding carboxylic acids is 1. The highest BCUT2D eigenvalue weighted by atomic mass is 35.5. The highest BCUT2D eigenvalue weighted by molar-refractivity contribution is 6.42. The van der Waals surface area contributed by atoms with Crippen molar-refractivity contribution in [2.75, 3.05) is 26.2 Å². The molecule has 1 saturated heterocycles. The summed E-state index contributed by atoms with van der Waals surface area (Å²) in [6.45, 7) is 5.01. The van der Waals surface area contributed by atoms with Crippen LogP contribution in [0.5, 0.6) is 0 Å². The number of hydrogen-bond donors (Lipinski definition) is 1. The second-order valence-electron chi connectivity index (χ2n) is 4.66. The minimum Gasteiger partial charge on any atom is -0.366 e. The topological polar surface area (TPSA) is 41.6 Å². The first-order valence-corrected chi connectivity index (χ1v) is 7.42. The second-order valence-corrected chi connectivity index (χ2v) is 5.48. The Morgan fingerprint density at radius 3 is 2.85 bits per heavy atom. The van der Waals surface area contributed by atoms with Crippen molar-refractivity contribution in [3.63, 3.8) is 0 Å². The average molecular weight is 317 g/mol. The van der Waals surface area contributed by atoms with Crippen LogP contribution in [-0.2, 0) is 16.1 Å². The minimum atomic E-state index is -0.397. The van der Waals surface area contributed by atoms with Gasteiger partial charge in [0.25, 0.3) is 5.91 Å².